The molecule has 144 valence electrons. The number of piperidine rings is 1. The first-order valence-corrected chi connectivity index (χ1v) is 10.7. The molecule has 1 saturated heterocycles. The van der Waals surface area contributed by atoms with E-state index in [0.717, 1.165) is 5.56 Å². The van der Waals surface area contributed by atoms with Crippen LogP contribution in [-0.4, -0.2) is 43.7 Å². The van der Waals surface area contributed by atoms with Crippen LogP contribution in [0.4, 0.5) is 0 Å². The summed E-state index contributed by atoms with van der Waals surface area (Å²) in [4.78, 5) is 14.7. The first-order valence-electron chi connectivity index (χ1n) is 8.92. The van der Waals surface area contributed by atoms with Gasteiger partial charge in [0.15, 0.2) is 0 Å². The fraction of sp³-hybridized carbons (Fsp3) is 0.350. The molecule has 2 aromatic carbocycles. The normalized spacial score (nSPS) is 16.2. The van der Waals surface area contributed by atoms with Crippen LogP contribution in [0.2, 0.25) is 5.02 Å². The summed E-state index contributed by atoms with van der Waals surface area (Å²) in [6.45, 7) is 1.25. The fourth-order valence-electron chi connectivity index (χ4n) is 3.35. The standard InChI is InChI=1S/C20H23ClN2O3S/c1-22(15-16-5-3-2-4-6-16)20(24)17-11-13-23(14-12-17)27(25,26)19-9-7-18(21)8-10-19/h2-10,17H,11-15H2,1H3. The molecule has 1 aliphatic heterocycles. The summed E-state index contributed by atoms with van der Waals surface area (Å²) in [5, 5.41) is 0.500. The second-order valence-electron chi connectivity index (χ2n) is 6.81. The van der Waals surface area contributed by atoms with E-state index in [1.807, 2.05) is 30.3 Å². The van der Waals surface area contributed by atoms with Gasteiger partial charge in [0.05, 0.1) is 4.90 Å². The summed E-state index contributed by atoms with van der Waals surface area (Å²) in [5.41, 5.74) is 1.08. The summed E-state index contributed by atoms with van der Waals surface area (Å²) >= 11 is 5.84. The monoisotopic (exact) mass is 406 g/mol. The zero-order valence-electron chi connectivity index (χ0n) is 15.2. The maximum Gasteiger partial charge on any atom is 0.243 e. The summed E-state index contributed by atoms with van der Waals surface area (Å²) < 4.78 is 26.9. The summed E-state index contributed by atoms with van der Waals surface area (Å²) in [6, 6.07) is 16.0. The number of hydrogen-bond donors (Lipinski definition) is 0. The molecule has 2 aromatic rings. The van der Waals surface area contributed by atoms with Gasteiger partial charge in [0, 0.05) is 37.6 Å². The fourth-order valence-corrected chi connectivity index (χ4v) is 4.94. The lowest BCUT2D eigenvalue weighted by Gasteiger charge is -2.32. The first-order chi connectivity index (χ1) is 12.9. The number of carbonyl (C=O) groups excluding carboxylic acids is 1. The molecule has 0 aliphatic carbocycles. The minimum absolute atomic E-state index is 0.0717. The second kappa shape index (κ2) is 8.42. The van der Waals surface area contributed by atoms with Crippen molar-refractivity contribution < 1.29 is 13.2 Å². The third kappa shape index (κ3) is 4.69. The molecule has 0 unspecified atom stereocenters. The molecule has 1 heterocycles. The van der Waals surface area contributed by atoms with Crippen molar-refractivity contribution in [2.24, 2.45) is 5.92 Å². The van der Waals surface area contributed by atoms with Crippen molar-refractivity contribution in [2.75, 3.05) is 20.1 Å². The minimum atomic E-state index is -3.55. The number of amides is 1. The molecule has 7 heteroatoms. The Hall–Kier alpha value is -1.89. The molecule has 0 aromatic heterocycles. The van der Waals surface area contributed by atoms with Crippen LogP contribution < -0.4 is 0 Å². The van der Waals surface area contributed by atoms with Gasteiger partial charge in [-0.25, -0.2) is 8.42 Å². The molecule has 1 aliphatic rings. The zero-order chi connectivity index (χ0) is 19.4. The van der Waals surface area contributed by atoms with Crippen LogP contribution in [0.5, 0.6) is 0 Å². The van der Waals surface area contributed by atoms with Gasteiger partial charge in [-0.15, -0.1) is 0 Å². The highest BCUT2D eigenvalue weighted by Crippen LogP contribution is 2.26. The molecule has 0 bridgehead atoms. The molecular weight excluding hydrogens is 384 g/mol. The number of sulfonamides is 1. The Labute approximate surface area is 165 Å². The molecule has 27 heavy (non-hydrogen) atoms. The highest BCUT2D eigenvalue weighted by molar-refractivity contribution is 7.89. The van der Waals surface area contributed by atoms with E-state index in [1.165, 1.54) is 16.4 Å². The number of benzene rings is 2. The third-order valence-electron chi connectivity index (χ3n) is 4.89. The van der Waals surface area contributed by atoms with Crippen molar-refractivity contribution in [3.05, 3.63) is 65.2 Å². The zero-order valence-corrected chi connectivity index (χ0v) is 16.8. The summed E-state index contributed by atoms with van der Waals surface area (Å²) in [7, 11) is -1.75. The van der Waals surface area contributed by atoms with Crippen molar-refractivity contribution in [1.82, 2.24) is 9.21 Å². The Morgan fingerprint density at radius 3 is 2.26 bits per heavy atom. The number of rotatable bonds is 5. The Morgan fingerprint density at radius 2 is 1.67 bits per heavy atom. The summed E-state index contributed by atoms with van der Waals surface area (Å²) in [5.74, 6) is -0.0715. The Kier molecular flexibility index (Phi) is 6.19. The van der Waals surface area contributed by atoms with Crippen LogP contribution in [-0.2, 0) is 21.4 Å². The Bertz CT molecular complexity index is 877. The van der Waals surface area contributed by atoms with E-state index >= 15 is 0 Å². The van der Waals surface area contributed by atoms with Crippen molar-refractivity contribution in [2.45, 2.75) is 24.3 Å². The van der Waals surface area contributed by atoms with Crippen LogP contribution in [0.3, 0.4) is 0 Å². The highest BCUT2D eigenvalue weighted by Gasteiger charge is 2.33. The van der Waals surface area contributed by atoms with Crippen LogP contribution in [0.1, 0.15) is 18.4 Å². The molecule has 1 fully saturated rings. The van der Waals surface area contributed by atoms with Crippen LogP contribution in [0, 0.1) is 5.92 Å². The molecule has 3 rings (SSSR count). The van der Waals surface area contributed by atoms with Crippen molar-refractivity contribution in [3.63, 3.8) is 0 Å². The molecule has 0 radical (unpaired) electrons. The van der Waals surface area contributed by atoms with E-state index in [9.17, 15) is 13.2 Å². The average molecular weight is 407 g/mol. The highest BCUT2D eigenvalue weighted by atomic mass is 35.5. The van der Waals surface area contributed by atoms with Gasteiger partial charge in [-0.05, 0) is 42.7 Å². The van der Waals surface area contributed by atoms with Crippen LogP contribution in [0.15, 0.2) is 59.5 Å². The predicted octanol–water partition coefficient (Wildman–Crippen LogP) is 3.40. The van der Waals surface area contributed by atoms with Crippen molar-refractivity contribution in [1.29, 1.82) is 0 Å². The van der Waals surface area contributed by atoms with Crippen LogP contribution >= 0.6 is 11.6 Å². The van der Waals surface area contributed by atoms with E-state index in [2.05, 4.69) is 0 Å². The molecule has 0 spiro atoms. The van der Waals surface area contributed by atoms with E-state index in [-0.39, 0.29) is 16.7 Å². The van der Waals surface area contributed by atoms with Crippen molar-refractivity contribution in [3.8, 4) is 0 Å². The van der Waals surface area contributed by atoms with E-state index in [0.29, 0.717) is 37.5 Å². The van der Waals surface area contributed by atoms with Gasteiger partial charge in [0.2, 0.25) is 15.9 Å². The maximum atomic E-state index is 12.7. The molecule has 0 N–H and O–H groups in total. The Morgan fingerprint density at radius 1 is 1.07 bits per heavy atom. The number of hydrogen-bond acceptors (Lipinski definition) is 3. The first kappa shape index (κ1) is 19.9. The predicted molar refractivity (Wildman–Crippen MR) is 106 cm³/mol. The number of nitrogens with zero attached hydrogens (tertiary/aromatic N) is 2. The second-order valence-corrected chi connectivity index (χ2v) is 9.19. The third-order valence-corrected chi connectivity index (χ3v) is 7.06. The molecule has 5 nitrogen and oxygen atoms in total. The lowest BCUT2D eigenvalue weighted by Crippen LogP contribution is -2.43. The van der Waals surface area contributed by atoms with E-state index in [1.54, 1.807) is 24.1 Å². The van der Waals surface area contributed by atoms with Gasteiger partial charge < -0.3 is 4.90 Å². The molecular formula is C20H23ClN2O3S. The van der Waals surface area contributed by atoms with Gasteiger partial charge in [-0.2, -0.15) is 4.31 Å². The smallest absolute Gasteiger partial charge is 0.243 e. The molecule has 0 atom stereocenters. The maximum absolute atomic E-state index is 12.7. The van der Waals surface area contributed by atoms with Gasteiger partial charge in [-0.3, -0.25) is 4.79 Å². The van der Waals surface area contributed by atoms with Gasteiger partial charge in [0.25, 0.3) is 0 Å². The largest absolute Gasteiger partial charge is 0.341 e. The quantitative estimate of drug-likeness (QED) is 0.764. The summed E-state index contributed by atoms with van der Waals surface area (Å²) in [6.07, 6.45) is 1.07. The van der Waals surface area contributed by atoms with Crippen LogP contribution in [0.25, 0.3) is 0 Å². The molecule has 0 saturated carbocycles. The SMILES string of the molecule is CN(Cc1ccccc1)C(=O)C1CCN(S(=O)(=O)c2ccc(Cl)cc2)CC1. The van der Waals surface area contributed by atoms with E-state index < -0.39 is 10.0 Å². The average Bonchev–Trinajstić information content (AvgIpc) is 2.68. The lowest BCUT2D eigenvalue weighted by molar-refractivity contribution is -0.135. The van der Waals surface area contributed by atoms with Gasteiger partial charge in [0.1, 0.15) is 0 Å². The molecule has 1 amide bonds. The van der Waals surface area contributed by atoms with Gasteiger partial charge in [-0.1, -0.05) is 41.9 Å². The van der Waals surface area contributed by atoms with Gasteiger partial charge >= 0.3 is 0 Å². The Balaban J connectivity index is 1.59. The number of carbonyl (C=O) groups is 1. The minimum Gasteiger partial charge on any atom is -0.341 e. The number of halogens is 1. The lowest BCUT2D eigenvalue weighted by atomic mass is 9.96. The van der Waals surface area contributed by atoms with Crippen molar-refractivity contribution >= 4 is 27.5 Å². The van der Waals surface area contributed by atoms with E-state index in [4.69, 9.17) is 11.6 Å². The topological polar surface area (TPSA) is 57.7 Å².